The molecule has 0 saturated carbocycles. The number of aromatic nitrogens is 3. The van der Waals surface area contributed by atoms with Crippen LogP contribution in [-0.4, -0.2) is 21.3 Å². The van der Waals surface area contributed by atoms with Crippen LogP contribution in [0.5, 0.6) is 0 Å². The van der Waals surface area contributed by atoms with Crippen LogP contribution >= 0.6 is 0 Å². The lowest BCUT2D eigenvalue weighted by atomic mass is 10.3. The van der Waals surface area contributed by atoms with Crippen LogP contribution in [0.4, 0.5) is 5.82 Å². The fourth-order valence-corrected chi connectivity index (χ4v) is 1.28. The Bertz CT molecular complexity index is 501. The van der Waals surface area contributed by atoms with Crippen LogP contribution in [0.15, 0.2) is 16.8 Å². The average Bonchev–Trinajstić information content (AvgIpc) is 2.83. The highest BCUT2D eigenvalue weighted by Crippen LogP contribution is 2.11. The second-order valence-corrected chi connectivity index (χ2v) is 3.31. The fourth-order valence-electron chi connectivity index (χ4n) is 1.28. The standard InChI is InChI=1S/C9H11N5O2/c1-5-2-6(16-14-5)3-11-9-7(8(10)15)4-12-13-9/h2,4H,3H2,1H3,(H2,10,15)(H2,11,12,13). The van der Waals surface area contributed by atoms with Crippen LogP contribution in [0.3, 0.4) is 0 Å². The first-order valence-corrected chi connectivity index (χ1v) is 4.66. The fraction of sp³-hybridized carbons (Fsp3) is 0.222. The van der Waals surface area contributed by atoms with E-state index in [-0.39, 0.29) is 0 Å². The maximum Gasteiger partial charge on any atom is 0.254 e. The van der Waals surface area contributed by atoms with Gasteiger partial charge in [-0.2, -0.15) is 5.10 Å². The molecule has 84 valence electrons. The third kappa shape index (κ3) is 2.02. The molecule has 2 aromatic heterocycles. The minimum Gasteiger partial charge on any atom is -0.365 e. The molecule has 0 spiro atoms. The molecule has 0 radical (unpaired) electrons. The molecule has 0 aliphatic rings. The molecule has 0 atom stereocenters. The highest BCUT2D eigenvalue weighted by molar-refractivity contribution is 5.97. The van der Waals surface area contributed by atoms with Gasteiger partial charge in [0.1, 0.15) is 11.4 Å². The molecule has 7 heteroatoms. The maximum atomic E-state index is 11.0. The van der Waals surface area contributed by atoms with Crippen molar-refractivity contribution in [2.75, 3.05) is 5.32 Å². The lowest BCUT2D eigenvalue weighted by Gasteiger charge is -2.01. The first-order chi connectivity index (χ1) is 7.66. The number of nitrogens with zero attached hydrogens (tertiary/aromatic N) is 2. The zero-order valence-corrected chi connectivity index (χ0v) is 8.65. The number of primary amides is 1. The monoisotopic (exact) mass is 221 g/mol. The van der Waals surface area contributed by atoms with Crippen LogP contribution in [0.1, 0.15) is 21.8 Å². The molecule has 2 aromatic rings. The molecule has 4 N–H and O–H groups in total. The molecule has 2 rings (SSSR count). The molecule has 0 unspecified atom stereocenters. The number of carbonyl (C=O) groups is 1. The minimum absolute atomic E-state index is 0.316. The number of hydrogen-bond donors (Lipinski definition) is 3. The number of amides is 1. The van der Waals surface area contributed by atoms with E-state index in [1.807, 2.05) is 6.92 Å². The van der Waals surface area contributed by atoms with Crippen LogP contribution in [0, 0.1) is 6.92 Å². The SMILES string of the molecule is Cc1cc(CNc2[nH]ncc2C(N)=O)on1. The van der Waals surface area contributed by atoms with E-state index in [1.165, 1.54) is 6.20 Å². The average molecular weight is 221 g/mol. The number of H-pyrrole nitrogens is 1. The maximum absolute atomic E-state index is 11.0. The molecule has 0 aliphatic carbocycles. The summed E-state index contributed by atoms with van der Waals surface area (Å²) in [5.74, 6) is 0.606. The van der Waals surface area contributed by atoms with Crippen molar-refractivity contribution in [2.45, 2.75) is 13.5 Å². The second kappa shape index (κ2) is 4.05. The van der Waals surface area contributed by atoms with Gasteiger partial charge in [0, 0.05) is 6.07 Å². The summed E-state index contributed by atoms with van der Waals surface area (Å²) in [7, 11) is 0. The summed E-state index contributed by atoms with van der Waals surface area (Å²) in [6.45, 7) is 2.24. The number of aryl methyl sites for hydroxylation is 1. The predicted molar refractivity (Wildman–Crippen MR) is 55.7 cm³/mol. The molecule has 0 fully saturated rings. The Labute approximate surface area is 91.0 Å². The highest BCUT2D eigenvalue weighted by atomic mass is 16.5. The van der Waals surface area contributed by atoms with Gasteiger partial charge >= 0.3 is 0 Å². The molecule has 16 heavy (non-hydrogen) atoms. The summed E-state index contributed by atoms with van der Waals surface area (Å²) in [4.78, 5) is 11.0. The number of nitrogens with two attached hydrogens (primary N) is 1. The number of hydrogen-bond acceptors (Lipinski definition) is 5. The molecule has 0 saturated heterocycles. The van der Waals surface area contributed by atoms with E-state index in [1.54, 1.807) is 6.07 Å². The van der Waals surface area contributed by atoms with E-state index in [4.69, 9.17) is 10.3 Å². The van der Waals surface area contributed by atoms with Gasteiger partial charge < -0.3 is 15.6 Å². The Hall–Kier alpha value is -2.31. The number of carbonyl (C=O) groups excluding carboxylic acids is 1. The van der Waals surface area contributed by atoms with Gasteiger partial charge in [0.15, 0.2) is 5.76 Å². The normalized spacial score (nSPS) is 10.3. The van der Waals surface area contributed by atoms with Crippen molar-refractivity contribution < 1.29 is 9.32 Å². The Morgan fingerprint density at radius 3 is 3.12 bits per heavy atom. The first kappa shape index (κ1) is 10.2. The minimum atomic E-state index is -0.537. The topological polar surface area (TPSA) is 110 Å². The predicted octanol–water partition coefficient (Wildman–Crippen LogP) is 0.417. The van der Waals surface area contributed by atoms with Gasteiger partial charge in [-0.1, -0.05) is 5.16 Å². The number of rotatable bonds is 4. The highest BCUT2D eigenvalue weighted by Gasteiger charge is 2.10. The summed E-state index contributed by atoms with van der Waals surface area (Å²) < 4.78 is 5.00. The van der Waals surface area contributed by atoms with Gasteiger partial charge in [0.25, 0.3) is 5.91 Å². The van der Waals surface area contributed by atoms with Crippen LogP contribution < -0.4 is 11.1 Å². The van der Waals surface area contributed by atoms with E-state index in [9.17, 15) is 4.79 Å². The molecular weight excluding hydrogens is 210 g/mol. The van der Waals surface area contributed by atoms with E-state index >= 15 is 0 Å². The van der Waals surface area contributed by atoms with Crippen LogP contribution in [-0.2, 0) is 6.54 Å². The lowest BCUT2D eigenvalue weighted by Crippen LogP contribution is -2.13. The van der Waals surface area contributed by atoms with Crippen molar-refractivity contribution in [3.05, 3.63) is 29.3 Å². The number of aromatic amines is 1. The molecule has 0 aliphatic heterocycles. The van der Waals surface area contributed by atoms with Crippen molar-refractivity contribution in [3.8, 4) is 0 Å². The summed E-state index contributed by atoms with van der Waals surface area (Å²) >= 11 is 0. The van der Waals surface area contributed by atoms with Crippen molar-refractivity contribution in [1.82, 2.24) is 15.4 Å². The zero-order chi connectivity index (χ0) is 11.5. The van der Waals surface area contributed by atoms with Gasteiger partial charge in [0.05, 0.1) is 18.4 Å². The quantitative estimate of drug-likeness (QED) is 0.692. The summed E-state index contributed by atoms with van der Waals surface area (Å²) in [5, 5.41) is 13.1. The van der Waals surface area contributed by atoms with Gasteiger partial charge in [-0.3, -0.25) is 9.89 Å². The van der Waals surface area contributed by atoms with Crippen LogP contribution in [0.25, 0.3) is 0 Å². The van der Waals surface area contributed by atoms with Gasteiger partial charge in [0.2, 0.25) is 0 Å². The molecule has 0 aromatic carbocycles. The Kier molecular flexibility index (Phi) is 2.59. The zero-order valence-electron chi connectivity index (χ0n) is 8.65. The Morgan fingerprint density at radius 1 is 1.69 bits per heavy atom. The van der Waals surface area contributed by atoms with E-state index in [0.29, 0.717) is 23.7 Å². The molecule has 7 nitrogen and oxygen atoms in total. The van der Waals surface area contributed by atoms with Crippen molar-refractivity contribution in [2.24, 2.45) is 5.73 Å². The third-order valence-corrected chi connectivity index (χ3v) is 2.02. The van der Waals surface area contributed by atoms with E-state index in [2.05, 4.69) is 20.7 Å². The summed E-state index contributed by atoms with van der Waals surface area (Å²) in [5.41, 5.74) is 6.28. The largest absolute Gasteiger partial charge is 0.365 e. The van der Waals surface area contributed by atoms with Crippen molar-refractivity contribution in [1.29, 1.82) is 0 Å². The lowest BCUT2D eigenvalue weighted by molar-refractivity contribution is 0.100. The van der Waals surface area contributed by atoms with Crippen molar-refractivity contribution >= 4 is 11.7 Å². The van der Waals surface area contributed by atoms with E-state index < -0.39 is 5.91 Å². The molecule has 2 heterocycles. The number of nitrogens with one attached hydrogen (secondary N) is 2. The molecule has 0 bridgehead atoms. The van der Waals surface area contributed by atoms with E-state index in [0.717, 1.165) is 5.69 Å². The van der Waals surface area contributed by atoms with Gasteiger partial charge in [-0.05, 0) is 6.92 Å². The smallest absolute Gasteiger partial charge is 0.254 e. The molecular formula is C9H11N5O2. The van der Waals surface area contributed by atoms with Crippen LogP contribution in [0.2, 0.25) is 0 Å². The Balaban J connectivity index is 2.04. The summed E-state index contributed by atoms with van der Waals surface area (Å²) in [6.07, 6.45) is 1.37. The third-order valence-electron chi connectivity index (χ3n) is 2.02. The Morgan fingerprint density at radius 2 is 2.50 bits per heavy atom. The van der Waals surface area contributed by atoms with Crippen molar-refractivity contribution in [3.63, 3.8) is 0 Å². The molecule has 1 amide bonds. The van der Waals surface area contributed by atoms with Gasteiger partial charge in [-0.25, -0.2) is 0 Å². The second-order valence-electron chi connectivity index (χ2n) is 3.31. The first-order valence-electron chi connectivity index (χ1n) is 4.66. The van der Waals surface area contributed by atoms with Gasteiger partial charge in [-0.15, -0.1) is 0 Å². The number of anilines is 1. The summed E-state index contributed by atoms with van der Waals surface area (Å²) in [6, 6.07) is 1.80.